The van der Waals surface area contributed by atoms with Crippen LogP contribution >= 0.6 is 0 Å². The third-order valence-corrected chi connectivity index (χ3v) is 4.97. The molecule has 0 unspecified atom stereocenters. The van der Waals surface area contributed by atoms with Gasteiger partial charge in [0.15, 0.2) is 0 Å². The molecule has 3 amide bonds. The van der Waals surface area contributed by atoms with Gasteiger partial charge in [0.2, 0.25) is 0 Å². The first kappa shape index (κ1) is 17.6. The van der Waals surface area contributed by atoms with Gasteiger partial charge in [-0.15, -0.1) is 0 Å². The number of hydrogen-bond donors (Lipinski definition) is 1. The van der Waals surface area contributed by atoms with Crippen molar-refractivity contribution >= 4 is 17.6 Å². The van der Waals surface area contributed by atoms with E-state index in [-0.39, 0.29) is 11.9 Å². The summed E-state index contributed by atoms with van der Waals surface area (Å²) in [6, 6.07) is 5.13. The summed E-state index contributed by atoms with van der Waals surface area (Å²) >= 11 is 0. The van der Waals surface area contributed by atoms with Gasteiger partial charge in [-0.05, 0) is 43.9 Å². The fourth-order valence-electron chi connectivity index (χ4n) is 3.51. The SMILES string of the molecule is COc1ccc(C(=O)N2CCCC2)cc1NC(=O)N1CCCCCC1. The summed E-state index contributed by atoms with van der Waals surface area (Å²) < 4.78 is 5.36. The molecule has 0 bridgehead atoms. The molecule has 1 N–H and O–H groups in total. The molecule has 6 nitrogen and oxygen atoms in total. The Balaban J connectivity index is 1.75. The maximum Gasteiger partial charge on any atom is 0.321 e. The fraction of sp³-hybridized carbons (Fsp3) is 0.579. The molecule has 0 radical (unpaired) electrons. The van der Waals surface area contributed by atoms with Crippen molar-refractivity contribution in [1.29, 1.82) is 0 Å². The van der Waals surface area contributed by atoms with Gasteiger partial charge in [-0.1, -0.05) is 12.8 Å². The number of ether oxygens (including phenoxy) is 1. The summed E-state index contributed by atoms with van der Waals surface area (Å²) in [5.74, 6) is 0.589. The summed E-state index contributed by atoms with van der Waals surface area (Å²) in [5, 5.41) is 2.94. The lowest BCUT2D eigenvalue weighted by molar-refractivity contribution is 0.0793. The number of anilines is 1. The van der Waals surface area contributed by atoms with E-state index in [1.54, 1.807) is 25.3 Å². The van der Waals surface area contributed by atoms with E-state index in [2.05, 4.69) is 5.32 Å². The summed E-state index contributed by atoms with van der Waals surface area (Å²) in [4.78, 5) is 28.9. The molecule has 3 rings (SSSR count). The number of carbonyl (C=O) groups is 2. The zero-order chi connectivity index (χ0) is 17.6. The van der Waals surface area contributed by atoms with Crippen molar-refractivity contribution in [2.45, 2.75) is 38.5 Å². The molecular weight excluding hydrogens is 318 g/mol. The first-order valence-corrected chi connectivity index (χ1v) is 9.22. The number of nitrogens with one attached hydrogen (secondary N) is 1. The molecule has 1 aromatic rings. The van der Waals surface area contributed by atoms with Gasteiger partial charge < -0.3 is 19.9 Å². The van der Waals surface area contributed by atoms with Crippen LogP contribution in [0.4, 0.5) is 10.5 Å². The smallest absolute Gasteiger partial charge is 0.321 e. The lowest BCUT2D eigenvalue weighted by atomic mass is 10.1. The molecular formula is C19H27N3O3. The second kappa shape index (κ2) is 8.23. The van der Waals surface area contributed by atoms with Gasteiger partial charge in [0, 0.05) is 31.7 Å². The van der Waals surface area contributed by atoms with E-state index in [9.17, 15) is 9.59 Å². The molecule has 2 fully saturated rings. The molecule has 1 aromatic carbocycles. The van der Waals surface area contributed by atoms with E-state index in [1.807, 2.05) is 9.80 Å². The normalized spacial score (nSPS) is 18.0. The van der Waals surface area contributed by atoms with Gasteiger partial charge in [-0.25, -0.2) is 4.79 Å². The maximum atomic E-state index is 12.6. The Labute approximate surface area is 149 Å². The van der Waals surface area contributed by atoms with Crippen LogP contribution in [0.3, 0.4) is 0 Å². The van der Waals surface area contributed by atoms with E-state index in [0.717, 1.165) is 51.9 Å². The number of amides is 3. The number of benzene rings is 1. The van der Waals surface area contributed by atoms with Gasteiger partial charge in [0.05, 0.1) is 12.8 Å². The molecule has 0 atom stereocenters. The highest BCUT2D eigenvalue weighted by Crippen LogP contribution is 2.27. The van der Waals surface area contributed by atoms with Crippen molar-refractivity contribution in [3.63, 3.8) is 0 Å². The number of carbonyl (C=O) groups excluding carboxylic acids is 2. The Morgan fingerprint density at radius 2 is 1.52 bits per heavy atom. The number of hydrogen-bond acceptors (Lipinski definition) is 3. The highest BCUT2D eigenvalue weighted by molar-refractivity contribution is 5.98. The minimum Gasteiger partial charge on any atom is -0.495 e. The standard InChI is InChI=1S/C19H27N3O3/c1-25-17-9-8-15(18(23)21-10-6-7-11-21)14-16(17)20-19(24)22-12-4-2-3-5-13-22/h8-9,14H,2-7,10-13H2,1H3,(H,20,24). The lowest BCUT2D eigenvalue weighted by Crippen LogP contribution is -2.35. The van der Waals surface area contributed by atoms with Crippen molar-refractivity contribution in [3.8, 4) is 5.75 Å². The summed E-state index contributed by atoms with van der Waals surface area (Å²) in [6.45, 7) is 3.17. The lowest BCUT2D eigenvalue weighted by Gasteiger charge is -2.22. The summed E-state index contributed by atoms with van der Waals surface area (Å²) in [6.07, 6.45) is 6.54. The van der Waals surface area contributed by atoms with E-state index in [1.165, 1.54) is 12.8 Å². The van der Waals surface area contributed by atoms with Crippen LogP contribution in [0, 0.1) is 0 Å². The second-order valence-electron chi connectivity index (χ2n) is 6.75. The third-order valence-electron chi connectivity index (χ3n) is 4.97. The van der Waals surface area contributed by atoms with Crippen LogP contribution < -0.4 is 10.1 Å². The Kier molecular flexibility index (Phi) is 5.79. The van der Waals surface area contributed by atoms with Crippen molar-refractivity contribution in [2.75, 3.05) is 38.6 Å². The highest BCUT2D eigenvalue weighted by Gasteiger charge is 2.22. The van der Waals surface area contributed by atoms with Crippen molar-refractivity contribution in [1.82, 2.24) is 9.80 Å². The quantitative estimate of drug-likeness (QED) is 0.914. The Bertz CT molecular complexity index is 618. The molecule has 0 aliphatic carbocycles. The number of likely N-dealkylation sites (tertiary alicyclic amines) is 2. The predicted octanol–water partition coefficient (Wildman–Crippen LogP) is 3.34. The van der Waals surface area contributed by atoms with E-state index < -0.39 is 0 Å². The molecule has 2 aliphatic heterocycles. The van der Waals surface area contributed by atoms with Gasteiger partial charge in [0.25, 0.3) is 5.91 Å². The number of rotatable bonds is 3. The molecule has 0 spiro atoms. The molecule has 2 heterocycles. The predicted molar refractivity (Wildman–Crippen MR) is 97.2 cm³/mol. The van der Waals surface area contributed by atoms with E-state index >= 15 is 0 Å². The molecule has 6 heteroatoms. The Hall–Kier alpha value is -2.24. The average Bonchev–Trinajstić information content (AvgIpc) is 3.03. The number of methoxy groups -OCH3 is 1. The zero-order valence-electron chi connectivity index (χ0n) is 14.9. The molecule has 0 saturated carbocycles. The number of nitrogens with zero attached hydrogens (tertiary/aromatic N) is 2. The first-order valence-electron chi connectivity index (χ1n) is 9.22. The molecule has 136 valence electrons. The van der Waals surface area contributed by atoms with Gasteiger partial charge in [0.1, 0.15) is 5.75 Å². The highest BCUT2D eigenvalue weighted by atomic mass is 16.5. The van der Waals surface area contributed by atoms with Crippen LogP contribution in [0.2, 0.25) is 0 Å². The van der Waals surface area contributed by atoms with Crippen LogP contribution in [-0.4, -0.2) is 55.0 Å². The van der Waals surface area contributed by atoms with Crippen LogP contribution in [0.1, 0.15) is 48.9 Å². The molecule has 2 aliphatic rings. The Morgan fingerprint density at radius 1 is 0.920 bits per heavy atom. The largest absolute Gasteiger partial charge is 0.495 e. The minimum absolute atomic E-state index is 0.0189. The minimum atomic E-state index is -0.119. The van der Waals surface area contributed by atoms with Crippen LogP contribution in [0.15, 0.2) is 18.2 Å². The van der Waals surface area contributed by atoms with Gasteiger partial charge in [-0.2, -0.15) is 0 Å². The van der Waals surface area contributed by atoms with Crippen molar-refractivity contribution in [3.05, 3.63) is 23.8 Å². The second-order valence-corrected chi connectivity index (χ2v) is 6.75. The van der Waals surface area contributed by atoms with Crippen LogP contribution in [0.5, 0.6) is 5.75 Å². The first-order chi connectivity index (χ1) is 12.2. The average molecular weight is 345 g/mol. The van der Waals surface area contributed by atoms with Crippen molar-refractivity contribution in [2.24, 2.45) is 0 Å². The van der Waals surface area contributed by atoms with E-state index in [0.29, 0.717) is 17.0 Å². The van der Waals surface area contributed by atoms with Gasteiger partial charge in [-0.3, -0.25) is 4.79 Å². The van der Waals surface area contributed by atoms with Crippen molar-refractivity contribution < 1.29 is 14.3 Å². The third kappa shape index (κ3) is 4.24. The summed E-state index contributed by atoms with van der Waals surface area (Å²) in [7, 11) is 1.57. The fourth-order valence-corrected chi connectivity index (χ4v) is 3.51. The summed E-state index contributed by atoms with van der Waals surface area (Å²) in [5.41, 5.74) is 1.15. The van der Waals surface area contributed by atoms with Crippen LogP contribution in [0.25, 0.3) is 0 Å². The monoisotopic (exact) mass is 345 g/mol. The van der Waals surface area contributed by atoms with E-state index in [4.69, 9.17) is 4.74 Å². The Morgan fingerprint density at radius 3 is 2.16 bits per heavy atom. The molecule has 2 saturated heterocycles. The maximum absolute atomic E-state index is 12.6. The topological polar surface area (TPSA) is 61.9 Å². The van der Waals surface area contributed by atoms with Crippen LogP contribution in [-0.2, 0) is 0 Å². The van der Waals surface area contributed by atoms with Gasteiger partial charge >= 0.3 is 6.03 Å². The molecule has 0 aromatic heterocycles. The number of urea groups is 1. The zero-order valence-corrected chi connectivity index (χ0v) is 14.9. The molecule has 25 heavy (non-hydrogen) atoms.